The third kappa shape index (κ3) is 4.05. The molecule has 1 fully saturated rings. The highest BCUT2D eigenvalue weighted by molar-refractivity contribution is 7.14. The van der Waals surface area contributed by atoms with Crippen molar-refractivity contribution < 1.29 is 19.4 Å². The number of carbonyl (C=O) groups is 2. The Morgan fingerprint density at radius 1 is 1.45 bits per heavy atom. The second-order valence-corrected chi connectivity index (χ2v) is 6.08. The number of hydrogen-bond donors (Lipinski definition) is 2. The van der Waals surface area contributed by atoms with Gasteiger partial charge in [0, 0.05) is 5.38 Å². The van der Waals surface area contributed by atoms with Crippen LogP contribution in [0.1, 0.15) is 43.0 Å². The molecule has 110 valence electrons. The first-order valence-corrected chi connectivity index (χ1v) is 7.67. The van der Waals surface area contributed by atoms with Gasteiger partial charge in [0.05, 0.1) is 16.7 Å². The standard InChI is InChI=1S/C14H19NO4S/c1-9-4-2-3-5-11(9)19-7-12(16)15-13-6-10(8-20-13)14(17)18/h6,8-9,11H,2-5,7H2,1H3,(H,15,16)(H,17,18). The lowest BCUT2D eigenvalue weighted by molar-refractivity contribution is -0.124. The van der Waals surface area contributed by atoms with Crippen LogP contribution >= 0.6 is 11.3 Å². The van der Waals surface area contributed by atoms with Crippen molar-refractivity contribution in [2.45, 2.75) is 38.7 Å². The largest absolute Gasteiger partial charge is 0.478 e. The molecular formula is C14H19NO4S. The molecule has 2 unspecified atom stereocenters. The van der Waals surface area contributed by atoms with E-state index in [2.05, 4.69) is 12.2 Å². The van der Waals surface area contributed by atoms with Crippen LogP contribution in [0.2, 0.25) is 0 Å². The van der Waals surface area contributed by atoms with Crippen LogP contribution in [-0.2, 0) is 9.53 Å². The molecule has 6 heteroatoms. The maximum Gasteiger partial charge on any atom is 0.336 e. The van der Waals surface area contributed by atoms with Gasteiger partial charge < -0.3 is 15.2 Å². The van der Waals surface area contributed by atoms with Crippen LogP contribution in [0.25, 0.3) is 0 Å². The van der Waals surface area contributed by atoms with Crippen LogP contribution in [0.5, 0.6) is 0 Å². The summed E-state index contributed by atoms with van der Waals surface area (Å²) in [5, 5.41) is 13.5. The number of aromatic carboxylic acids is 1. The summed E-state index contributed by atoms with van der Waals surface area (Å²) in [6.07, 6.45) is 4.71. The SMILES string of the molecule is CC1CCCCC1OCC(=O)Nc1cc(C(=O)O)cs1. The number of carbonyl (C=O) groups excluding carboxylic acids is 1. The zero-order valence-electron chi connectivity index (χ0n) is 11.4. The molecule has 2 N–H and O–H groups in total. The molecule has 1 heterocycles. The Bertz CT molecular complexity index is 485. The second kappa shape index (κ2) is 6.85. The van der Waals surface area contributed by atoms with E-state index in [9.17, 15) is 9.59 Å². The van der Waals surface area contributed by atoms with E-state index in [0.29, 0.717) is 10.9 Å². The minimum atomic E-state index is -0.992. The number of amides is 1. The fraction of sp³-hybridized carbons (Fsp3) is 0.571. The Morgan fingerprint density at radius 3 is 2.85 bits per heavy atom. The molecule has 0 aliphatic heterocycles. The number of carboxylic acids is 1. The van der Waals surface area contributed by atoms with Crippen LogP contribution in [0.3, 0.4) is 0 Å². The molecule has 1 aliphatic carbocycles. The van der Waals surface area contributed by atoms with Crippen LogP contribution in [0.4, 0.5) is 5.00 Å². The lowest BCUT2D eigenvalue weighted by Crippen LogP contribution is -2.29. The van der Waals surface area contributed by atoms with Crippen LogP contribution in [-0.4, -0.2) is 29.7 Å². The van der Waals surface area contributed by atoms with Gasteiger partial charge in [-0.2, -0.15) is 0 Å². The molecule has 1 amide bonds. The summed E-state index contributed by atoms with van der Waals surface area (Å²) in [4.78, 5) is 22.5. The number of thiophene rings is 1. The molecular weight excluding hydrogens is 278 g/mol. The van der Waals surface area contributed by atoms with E-state index in [1.165, 1.54) is 29.2 Å². The zero-order chi connectivity index (χ0) is 14.5. The lowest BCUT2D eigenvalue weighted by atomic mass is 9.88. The van der Waals surface area contributed by atoms with E-state index in [-0.39, 0.29) is 24.2 Å². The van der Waals surface area contributed by atoms with Crippen molar-refractivity contribution in [2.24, 2.45) is 5.92 Å². The molecule has 5 nitrogen and oxygen atoms in total. The molecule has 1 aromatic rings. The topological polar surface area (TPSA) is 75.6 Å². The van der Waals surface area contributed by atoms with Gasteiger partial charge in [0.2, 0.25) is 0 Å². The number of rotatable bonds is 5. The van der Waals surface area contributed by atoms with Crippen LogP contribution < -0.4 is 5.32 Å². The number of nitrogens with one attached hydrogen (secondary N) is 1. The Kier molecular flexibility index (Phi) is 5.14. The monoisotopic (exact) mass is 297 g/mol. The van der Waals surface area contributed by atoms with Crippen molar-refractivity contribution >= 4 is 28.2 Å². The molecule has 20 heavy (non-hydrogen) atoms. The molecule has 0 aromatic carbocycles. The number of ether oxygens (including phenoxy) is 1. The molecule has 2 rings (SSSR count). The zero-order valence-corrected chi connectivity index (χ0v) is 12.2. The van der Waals surface area contributed by atoms with Crippen LogP contribution in [0, 0.1) is 5.92 Å². The first kappa shape index (κ1) is 15.0. The average Bonchev–Trinajstić information content (AvgIpc) is 2.86. The fourth-order valence-corrected chi connectivity index (χ4v) is 3.19. The van der Waals surface area contributed by atoms with E-state index in [1.807, 2.05) is 0 Å². The maximum atomic E-state index is 11.8. The van der Waals surface area contributed by atoms with E-state index in [0.717, 1.165) is 19.3 Å². The van der Waals surface area contributed by atoms with Gasteiger partial charge in [-0.1, -0.05) is 19.8 Å². The van der Waals surface area contributed by atoms with Crippen LogP contribution in [0.15, 0.2) is 11.4 Å². The van der Waals surface area contributed by atoms with Gasteiger partial charge in [-0.05, 0) is 24.8 Å². The van der Waals surface area contributed by atoms with Gasteiger partial charge in [-0.3, -0.25) is 4.79 Å². The maximum absolute atomic E-state index is 11.8. The molecule has 2 atom stereocenters. The van der Waals surface area contributed by atoms with Gasteiger partial charge in [-0.15, -0.1) is 11.3 Å². The van der Waals surface area contributed by atoms with Crippen molar-refractivity contribution in [1.29, 1.82) is 0 Å². The van der Waals surface area contributed by atoms with E-state index in [4.69, 9.17) is 9.84 Å². The highest BCUT2D eigenvalue weighted by Crippen LogP contribution is 2.26. The number of hydrogen-bond acceptors (Lipinski definition) is 4. The Hall–Kier alpha value is -1.40. The first-order chi connectivity index (χ1) is 9.56. The Labute approximate surface area is 121 Å². The third-order valence-electron chi connectivity index (χ3n) is 3.57. The Morgan fingerprint density at radius 2 is 2.20 bits per heavy atom. The number of carboxylic acid groups (broad SMARTS) is 1. The summed E-state index contributed by atoms with van der Waals surface area (Å²) < 4.78 is 5.66. The minimum absolute atomic E-state index is 0.0231. The lowest BCUT2D eigenvalue weighted by Gasteiger charge is -2.28. The smallest absolute Gasteiger partial charge is 0.336 e. The first-order valence-electron chi connectivity index (χ1n) is 6.79. The molecule has 0 spiro atoms. The van der Waals surface area contributed by atoms with Crippen molar-refractivity contribution in [3.63, 3.8) is 0 Å². The quantitative estimate of drug-likeness (QED) is 0.876. The fourth-order valence-electron chi connectivity index (χ4n) is 2.40. The summed E-state index contributed by atoms with van der Waals surface area (Å²) in [6.45, 7) is 2.18. The van der Waals surface area contributed by atoms with Gasteiger partial charge >= 0.3 is 5.97 Å². The molecule has 1 aliphatic rings. The van der Waals surface area contributed by atoms with Gasteiger partial charge in [0.15, 0.2) is 0 Å². The van der Waals surface area contributed by atoms with Crippen molar-refractivity contribution in [2.75, 3.05) is 11.9 Å². The second-order valence-electron chi connectivity index (χ2n) is 5.16. The molecule has 1 saturated carbocycles. The molecule has 0 bridgehead atoms. The third-order valence-corrected chi connectivity index (χ3v) is 4.42. The number of anilines is 1. The van der Waals surface area contributed by atoms with Crippen molar-refractivity contribution in [3.05, 3.63) is 17.0 Å². The summed E-state index contributed by atoms with van der Waals surface area (Å²) in [5.74, 6) is -0.729. The van der Waals surface area contributed by atoms with Gasteiger partial charge in [0.1, 0.15) is 6.61 Å². The molecule has 0 radical (unpaired) electrons. The molecule has 1 aromatic heterocycles. The highest BCUT2D eigenvalue weighted by atomic mass is 32.1. The summed E-state index contributed by atoms with van der Waals surface area (Å²) in [6, 6.07) is 1.45. The summed E-state index contributed by atoms with van der Waals surface area (Å²) in [7, 11) is 0. The van der Waals surface area contributed by atoms with Crippen molar-refractivity contribution in [3.8, 4) is 0 Å². The van der Waals surface area contributed by atoms with Crippen molar-refractivity contribution in [1.82, 2.24) is 0 Å². The molecule has 0 saturated heterocycles. The van der Waals surface area contributed by atoms with E-state index < -0.39 is 5.97 Å². The predicted molar refractivity (Wildman–Crippen MR) is 77.3 cm³/mol. The van der Waals surface area contributed by atoms with E-state index in [1.54, 1.807) is 0 Å². The van der Waals surface area contributed by atoms with Gasteiger partial charge in [0.25, 0.3) is 5.91 Å². The summed E-state index contributed by atoms with van der Waals surface area (Å²) in [5.41, 5.74) is 0.187. The minimum Gasteiger partial charge on any atom is -0.478 e. The van der Waals surface area contributed by atoms with E-state index >= 15 is 0 Å². The summed E-state index contributed by atoms with van der Waals surface area (Å²) >= 11 is 1.20. The average molecular weight is 297 g/mol. The Balaban J connectivity index is 1.78. The highest BCUT2D eigenvalue weighted by Gasteiger charge is 2.22. The normalized spacial score (nSPS) is 22.4. The predicted octanol–water partition coefficient (Wildman–Crippen LogP) is 2.98. The van der Waals surface area contributed by atoms with Gasteiger partial charge in [-0.25, -0.2) is 4.79 Å².